The number of carbonyl (C=O) groups is 2. The Bertz CT molecular complexity index is 971. The molecule has 1 aromatic heterocycles. The second-order valence-electron chi connectivity index (χ2n) is 6.17. The van der Waals surface area contributed by atoms with Crippen molar-refractivity contribution in [2.24, 2.45) is 0 Å². The fourth-order valence-electron chi connectivity index (χ4n) is 2.55. The molecule has 0 bridgehead atoms. The van der Waals surface area contributed by atoms with Crippen LogP contribution in [0.3, 0.4) is 0 Å². The molecule has 0 aliphatic rings. The van der Waals surface area contributed by atoms with E-state index in [9.17, 15) is 9.59 Å². The molecule has 0 saturated heterocycles. The first-order valence-corrected chi connectivity index (χ1v) is 8.76. The van der Waals surface area contributed by atoms with Crippen LogP contribution in [0.4, 0.5) is 0 Å². The van der Waals surface area contributed by atoms with Crippen molar-refractivity contribution in [2.45, 2.75) is 20.1 Å². The fourth-order valence-corrected chi connectivity index (χ4v) is 2.55. The lowest BCUT2D eigenvalue weighted by Gasteiger charge is -2.06. The predicted molar refractivity (Wildman–Crippen MR) is 104 cm³/mol. The summed E-state index contributed by atoms with van der Waals surface area (Å²) in [4.78, 5) is 24.8. The first-order chi connectivity index (χ1) is 13.5. The number of ether oxygens (including phenoxy) is 2. The average molecular weight is 376 g/mol. The Hall–Kier alpha value is -3.60. The first kappa shape index (κ1) is 19.2. The summed E-state index contributed by atoms with van der Waals surface area (Å²) in [6, 6.07) is 20.1. The van der Waals surface area contributed by atoms with E-state index in [2.05, 4.69) is 6.58 Å². The van der Waals surface area contributed by atoms with Gasteiger partial charge in [0.15, 0.2) is 11.5 Å². The van der Waals surface area contributed by atoms with Gasteiger partial charge in [-0.3, -0.25) is 4.79 Å². The number of benzene rings is 2. The fraction of sp³-hybridized carbons (Fsp3) is 0.130. The number of aryl methyl sites for hydroxylation is 1. The number of hydrogen-bond donors (Lipinski definition) is 0. The maximum atomic E-state index is 12.5. The van der Waals surface area contributed by atoms with Crippen LogP contribution < -0.4 is 0 Å². The van der Waals surface area contributed by atoms with Gasteiger partial charge in [0.05, 0.1) is 0 Å². The molecular formula is C23H20O5. The average Bonchev–Trinajstić information content (AvgIpc) is 3.13. The maximum Gasteiger partial charge on any atom is 0.342 e. The van der Waals surface area contributed by atoms with E-state index < -0.39 is 11.8 Å². The summed E-state index contributed by atoms with van der Waals surface area (Å²) in [5, 5.41) is 0. The van der Waals surface area contributed by atoms with E-state index in [0.717, 1.165) is 11.1 Å². The molecule has 0 aliphatic heterocycles. The minimum atomic E-state index is -0.556. The number of ketones is 1. The molecule has 0 atom stereocenters. The van der Waals surface area contributed by atoms with Gasteiger partial charge in [-0.05, 0) is 18.1 Å². The molecule has 2 aromatic carbocycles. The van der Waals surface area contributed by atoms with Gasteiger partial charge < -0.3 is 13.9 Å². The summed E-state index contributed by atoms with van der Waals surface area (Å²) in [6.45, 7) is 5.62. The zero-order valence-corrected chi connectivity index (χ0v) is 15.5. The summed E-state index contributed by atoms with van der Waals surface area (Å²) in [6.07, 6.45) is 0. The number of carbonyl (C=O) groups excluding carboxylic acids is 2. The second kappa shape index (κ2) is 8.86. The van der Waals surface area contributed by atoms with Gasteiger partial charge in [-0.1, -0.05) is 67.2 Å². The molecule has 3 aromatic rings. The third-order valence-corrected chi connectivity index (χ3v) is 4.08. The molecule has 0 aliphatic carbocycles. The highest BCUT2D eigenvalue weighted by Crippen LogP contribution is 2.20. The molecular weight excluding hydrogens is 356 g/mol. The molecule has 0 unspecified atom stereocenters. The number of esters is 1. The van der Waals surface area contributed by atoms with E-state index in [4.69, 9.17) is 13.9 Å². The van der Waals surface area contributed by atoms with E-state index >= 15 is 0 Å². The summed E-state index contributed by atoms with van der Waals surface area (Å²) >= 11 is 0. The molecule has 5 nitrogen and oxygen atoms in total. The molecule has 0 spiro atoms. The molecule has 0 N–H and O–H groups in total. The van der Waals surface area contributed by atoms with Crippen molar-refractivity contribution in [2.75, 3.05) is 0 Å². The van der Waals surface area contributed by atoms with Crippen LogP contribution in [0.1, 0.15) is 37.8 Å². The molecule has 0 fully saturated rings. The Balaban J connectivity index is 1.61. The Morgan fingerprint density at radius 1 is 0.893 bits per heavy atom. The van der Waals surface area contributed by atoms with Crippen molar-refractivity contribution in [3.8, 4) is 0 Å². The maximum absolute atomic E-state index is 12.5. The summed E-state index contributed by atoms with van der Waals surface area (Å²) < 4.78 is 16.2. The Labute approximate surface area is 163 Å². The van der Waals surface area contributed by atoms with Gasteiger partial charge in [0.25, 0.3) is 5.78 Å². The minimum absolute atomic E-state index is 0.0118. The van der Waals surface area contributed by atoms with Gasteiger partial charge in [0.2, 0.25) is 0 Å². The van der Waals surface area contributed by atoms with Crippen molar-refractivity contribution in [1.82, 2.24) is 0 Å². The van der Waals surface area contributed by atoms with Crippen LogP contribution in [-0.4, -0.2) is 11.8 Å². The van der Waals surface area contributed by atoms with Gasteiger partial charge in [-0.2, -0.15) is 0 Å². The SMILES string of the molecule is C=C(OCc1ccccc1)C(=O)c1cc(C(=O)OCc2ccccc2)c(C)o1. The van der Waals surface area contributed by atoms with E-state index in [1.807, 2.05) is 60.7 Å². The number of Topliss-reactive ketones (excluding diaryl/α,β-unsaturated/α-hetero) is 1. The molecule has 0 saturated carbocycles. The molecule has 3 rings (SSSR count). The number of allylic oxidation sites excluding steroid dienone is 1. The monoisotopic (exact) mass is 376 g/mol. The lowest BCUT2D eigenvalue weighted by atomic mass is 10.2. The zero-order valence-electron chi connectivity index (χ0n) is 15.5. The molecule has 142 valence electrons. The van der Waals surface area contributed by atoms with E-state index in [1.54, 1.807) is 6.92 Å². The number of furan rings is 1. The molecule has 1 heterocycles. The van der Waals surface area contributed by atoms with E-state index in [1.165, 1.54) is 6.07 Å². The standard InChI is InChI=1S/C23H20O5/c1-16-20(23(25)27-15-19-11-7-4-8-12-19)13-21(28-16)22(24)17(2)26-14-18-9-5-3-6-10-18/h3-13H,2,14-15H2,1H3. The lowest BCUT2D eigenvalue weighted by molar-refractivity contribution is 0.0470. The van der Waals surface area contributed by atoms with Gasteiger partial charge in [0.1, 0.15) is 24.5 Å². The van der Waals surface area contributed by atoms with Crippen LogP contribution in [0.25, 0.3) is 0 Å². The van der Waals surface area contributed by atoms with Gasteiger partial charge in [0, 0.05) is 6.07 Å². The Morgan fingerprint density at radius 2 is 1.43 bits per heavy atom. The second-order valence-corrected chi connectivity index (χ2v) is 6.17. The zero-order chi connectivity index (χ0) is 19.9. The molecule has 0 radical (unpaired) electrons. The van der Waals surface area contributed by atoms with Crippen LogP contribution in [0.15, 0.2) is 83.5 Å². The minimum Gasteiger partial charge on any atom is -0.485 e. The van der Waals surface area contributed by atoms with Crippen molar-refractivity contribution in [3.05, 3.63) is 107 Å². The third-order valence-electron chi connectivity index (χ3n) is 4.08. The summed E-state index contributed by atoms with van der Waals surface area (Å²) in [5.41, 5.74) is 1.99. The smallest absolute Gasteiger partial charge is 0.342 e. The topological polar surface area (TPSA) is 65.7 Å². The highest BCUT2D eigenvalue weighted by atomic mass is 16.5. The third kappa shape index (κ3) is 4.76. The molecule has 0 amide bonds. The van der Waals surface area contributed by atoms with Gasteiger partial charge in [-0.15, -0.1) is 0 Å². The summed E-state index contributed by atoms with van der Waals surface area (Å²) in [5.74, 6) is -0.831. The predicted octanol–water partition coefficient (Wildman–Crippen LogP) is 4.86. The quantitative estimate of drug-likeness (QED) is 0.243. The van der Waals surface area contributed by atoms with Gasteiger partial charge in [-0.25, -0.2) is 4.79 Å². The molecule has 28 heavy (non-hydrogen) atoms. The normalized spacial score (nSPS) is 10.3. The largest absolute Gasteiger partial charge is 0.485 e. The highest BCUT2D eigenvalue weighted by Gasteiger charge is 2.22. The van der Waals surface area contributed by atoms with Crippen molar-refractivity contribution in [3.63, 3.8) is 0 Å². The number of rotatable bonds is 8. The lowest BCUT2D eigenvalue weighted by Crippen LogP contribution is -2.06. The van der Waals surface area contributed by atoms with Gasteiger partial charge >= 0.3 is 5.97 Å². The van der Waals surface area contributed by atoms with Crippen molar-refractivity contribution < 1.29 is 23.5 Å². The summed E-state index contributed by atoms with van der Waals surface area (Å²) in [7, 11) is 0. The van der Waals surface area contributed by atoms with Crippen molar-refractivity contribution >= 4 is 11.8 Å². The molecule has 5 heteroatoms. The van der Waals surface area contributed by atoms with Crippen LogP contribution in [0, 0.1) is 6.92 Å². The van der Waals surface area contributed by atoms with E-state index in [0.29, 0.717) is 5.76 Å². The van der Waals surface area contributed by atoms with E-state index in [-0.39, 0.29) is 30.3 Å². The van der Waals surface area contributed by atoms with Crippen LogP contribution in [0.2, 0.25) is 0 Å². The van der Waals surface area contributed by atoms with Crippen molar-refractivity contribution in [1.29, 1.82) is 0 Å². The Kier molecular flexibility index (Phi) is 6.07. The highest BCUT2D eigenvalue weighted by molar-refractivity contribution is 6.06. The van der Waals surface area contributed by atoms with Crippen LogP contribution in [0.5, 0.6) is 0 Å². The van der Waals surface area contributed by atoms with Crippen LogP contribution in [-0.2, 0) is 22.7 Å². The van der Waals surface area contributed by atoms with Crippen LogP contribution >= 0.6 is 0 Å². The first-order valence-electron chi connectivity index (χ1n) is 8.76. The number of hydrogen-bond acceptors (Lipinski definition) is 5. The Morgan fingerprint density at radius 3 is 2.00 bits per heavy atom.